The van der Waals surface area contributed by atoms with Crippen molar-refractivity contribution in [1.29, 1.82) is 0 Å². The maximum absolute atomic E-state index is 12.1. The molecule has 6 heteroatoms. The number of ether oxygens (including phenoxy) is 2. The summed E-state index contributed by atoms with van der Waals surface area (Å²) in [5.41, 5.74) is 5.96. The van der Waals surface area contributed by atoms with Gasteiger partial charge in [-0.1, -0.05) is 0 Å². The first-order valence-electron chi connectivity index (χ1n) is 7.95. The zero-order valence-corrected chi connectivity index (χ0v) is 13.3. The predicted molar refractivity (Wildman–Crippen MR) is 81.0 cm³/mol. The van der Waals surface area contributed by atoms with Crippen LogP contribution in [0.4, 0.5) is 0 Å². The molecular weight excluding hydrogens is 270 g/mol. The average Bonchev–Trinajstić information content (AvgIpc) is 2.46. The van der Waals surface area contributed by atoms with Gasteiger partial charge in [-0.25, -0.2) is 0 Å². The molecule has 2 saturated heterocycles. The number of carbonyl (C=O) groups excluding carboxylic acids is 1. The van der Waals surface area contributed by atoms with Crippen LogP contribution >= 0.6 is 0 Å². The van der Waals surface area contributed by atoms with Gasteiger partial charge in [-0.2, -0.15) is 0 Å². The van der Waals surface area contributed by atoms with E-state index in [0.29, 0.717) is 19.8 Å². The zero-order valence-electron chi connectivity index (χ0n) is 13.3. The molecular formula is C15H29N3O3. The summed E-state index contributed by atoms with van der Waals surface area (Å²) >= 11 is 0. The largest absolute Gasteiger partial charge is 0.381 e. The summed E-state index contributed by atoms with van der Waals surface area (Å²) in [4.78, 5) is 14.4. The van der Waals surface area contributed by atoms with Gasteiger partial charge in [0.1, 0.15) is 0 Å². The Morgan fingerprint density at radius 1 is 1.38 bits per heavy atom. The van der Waals surface area contributed by atoms with E-state index in [1.54, 1.807) is 0 Å². The van der Waals surface area contributed by atoms with Crippen LogP contribution in [0.1, 0.15) is 26.7 Å². The van der Waals surface area contributed by atoms with Gasteiger partial charge in [0.25, 0.3) is 0 Å². The van der Waals surface area contributed by atoms with Crippen LogP contribution < -0.4 is 11.1 Å². The van der Waals surface area contributed by atoms with Gasteiger partial charge in [0.15, 0.2) is 0 Å². The molecule has 2 fully saturated rings. The highest BCUT2D eigenvalue weighted by Gasteiger charge is 2.28. The van der Waals surface area contributed by atoms with Gasteiger partial charge in [-0.3, -0.25) is 9.69 Å². The van der Waals surface area contributed by atoms with Crippen molar-refractivity contribution in [2.45, 2.75) is 38.3 Å². The van der Waals surface area contributed by atoms with Crippen LogP contribution in [0.3, 0.4) is 0 Å². The van der Waals surface area contributed by atoms with E-state index in [1.165, 1.54) is 0 Å². The van der Waals surface area contributed by atoms with Gasteiger partial charge in [0.2, 0.25) is 5.91 Å². The lowest BCUT2D eigenvalue weighted by Gasteiger charge is -2.38. The van der Waals surface area contributed by atoms with E-state index < -0.39 is 6.04 Å². The van der Waals surface area contributed by atoms with Crippen LogP contribution in [0.2, 0.25) is 0 Å². The van der Waals surface area contributed by atoms with Crippen molar-refractivity contribution in [3.05, 3.63) is 0 Å². The Hall–Kier alpha value is -0.690. The van der Waals surface area contributed by atoms with Gasteiger partial charge in [0.05, 0.1) is 18.2 Å². The molecule has 0 aromatic rings. The lowest BCUT2D eigenvalue weighted by molar-refractivity contribution is -0.124. The molecule has 2 heterocycles. The van der Waals surface area contributed by atoms with Gasteiger partial charge in [-0.05, 0) is 32.6 Å². The molecule has 3 N–H and O–H groups in total. The smallest absolute Gasteiger partial charge is 0.237 e. The number of hydrogen-bond donors (Lipinski definition) is 2. The molecule has 0 aliphatic carbocycles. The van der Waals surface area contributed by atoms with E-state index in [-0.39, 0.29) is 17.4 Å². The van der Waals surface area contributed by atoms with Crippen LogP contribution in [-0.4, -0.2) is 68.4 Å². The second kappa shape index (κ2) is 7.54. The van der Waals surface area contributed by atoms with E-state index >= 15 is 0 Å². The average molecular weight is 299 g/mol. The normalized spacial score (nSPS) is 25.5. The van der Waals surface area contributed by atoms with Crippen molar-refractivity contribution < 1.29 is 14.3 Å². The van der Waals surface area contributed by atoms with Crippen LogP contribution in [0.25, 0.3) is 0 Å². The molecule has 122 valence electrons. The number of rotatable bonds is 5. The van der Waals surface area contributed by atoms with E-state index in [2.05, 4.69) is 24.1 Å². The van der Waals surface area contributed by atoms with Crippen molar-refractivity contribution in [2.24, 2.45) is 11.7 Å². The third kappa shape index (κ3) is 5.21. The van der Waals surface area contributed by atoms with Gasteiger partial charge >= 0.3 is 0 Å². The van der Waals surface area contributed by atoms with Crippen LogP contribution in [0, 0.1) is 5.92 Å². The Morgan fingerprint density at radius 2 is 2.10 bits per heavy atom. The van der Waals surface area contributed by atoms with Crippen molar-refractivity contribution >= 4 is 5.91 Å². The molecule has 1 amide bonds. The number of nitrogens with two attached hydrogens (primary N) is 1. The van der Waals surface area contributed by atoms with Gasteiger partial charge in [-0.15, -0.1) is 0 Å². The summed E-state index contributed by atoms with van der Waals surface area (Å²) in [7, 11) is 0. The topological polar surface area (TPSA) is 76.8 Å². The van der Waals surface area contributed by atoms with E-state index in [1.807, 2.05) is 0 Å². The molecule has 21 heavy (non-hydrogen) atoms. The van der Waals surface area contributed by atoms with Crippen molar-refractivity contribution in [2.75, 3.05) is 46.0 Å². The van der Waals surface area contributed by atoms with Crippen LogP contribution in [-0.2, 0) is 14.3 Å². The molecule has 2 aliphatic rings. The lowest BCUT2D eigenvalue weighted by atomic mass is 9.92. The highest BCUT2D eigenvalue weighted by Crippen LogP contribution is 2.18. The maximum Gasteiger partial charge on any atom is 0.237 e. The Labute approximate surface area is 127 Å². The van der Waals surface area contributed by atoms with Gasteiger partial charge < -0.3 is 20.5 Å². The maximum atomic E-state index is 12.1. The lowest BCUT2D eigenvalue weighted by Crippen LogP contribution is -2.52. The molecule has 1 atom stereocenters. The van der Waals surface area contributed by atoms with E-state index in [9.17, 15) is 4.79 Å². The minimum absolute atomic E-state index is 0.0329. The number of amides is 1. The number of hydrogen-bond acceptors (Lipinski definition) is 5. The van der Waals surface area contributed by atoms with E-state index in [0.717, 1.165) is 39.1 Å². The fraction of sp³-hybridized carbons (Fsp3) is 0.933. The summed E-state index contributed by atoms with van der Waals surface area (Å²) in [6.45, 7) is 9.69. The fourth-order valence-corrected chi connectivity index (χ4v) is 3.05. The number of nitrogens with one attached hydrogen (secondary N) is 1. The number of nitrogens with zero attached hydrogens (tertiary/aromatic N) is 1. The summed E-state index contributed by atoms with van der Waals surface area (Å²) in [6.07, 6.45) is 1.76. The minimum Gasteiger partial charge on any atom is -0.381 e. The Kier molecular flexibility index (Phi) is 5.98. The Morgan fingerprint density at radius 3 is 2.76 bits per heavy atom. The molecule has 2 rings (SSSR count). The molecule has 0 radical (unpaired) electrons. The minimum atomic E-state index is -0.407. The predicted octanol–water partition coefficient (Wildman–Crippen LogP) is -0.0327. The quantitative estimate of drug-likeness (QED) is 0.745. The van der Waals surface area contributed by atoms with Crippen LogP contribution in [0.5, 0.6) is 0 Å². The summed E-state index contributed by atoms with van der Waals surface area (Å²) in [5.74, 6) is 0.218. The highest BCUT2D eigenvalue weighted by atomic mass is 16.5. The Bertz CT molecular complexity index is 343. The first kappa shape index (κ1) is 16.7. The number of carbonyl (C=O) groups is 1. The number of morpholine rings is 1. The monoisotopic (exact) mass is 299 g/mol. The molecule has 2 aliphatic heterocycles. The van der Waals surface area contributed by atoms with Crippen molar-refractivity contribution in [1.82, 2.24) is 10.2 Å². The highest BCUT2D eigenvalue weighted by molar-refractivity contribution is 5.81. The molecule has 0 aromatic heterocycles. The molecule has 0 aromatic carbocycles. The van der Waals surface area contributed by atoms with Gasteiger partial charge in [0, 0.05) is 39.4 Å². The van der Waals surface area contributed by atoms with Crippen molar-refractivity contribution in [3.8, 4) is 0 Å². The first-order valence-corrected chi connectivity index (χ1v) is 7.95. The third-order valence-corrected chi connectivity index (χ3v) is 4.31. The summed E-state index contributed by atoms with van der Waals surface area (Å²) in [6, 6.07) is -0.407. The molecule has 6 nitrogen and oxygen atoms in total. The standard InChI is InChI=1S/C15H29N3O3/c1-15(2)11-18(7-10-21-15)6-5-17-14(19)13(16)12-3-8-20-9-4-12/h12-13H,3-11,16H2,1-2H3,(H,17,19). The SMILES string of the molecule is CC1(C)CN(CCNC(=O)C(N)C2CCOCC2)CCO1. The van der Waals surface area contributed by atoms with Crippen molar-refractivity contribution in [3.63, 3.8) is 0 Å². The summed E-state index contributed by atoms with van der Waals surface area (Å²) in [5, 5.41) is 2.97. The molecule has 1 unspecified atom stereocenters. The zero-order chi connectivity index (χ0) is 15.3. The van der Waals surface area contributed by atoms with Crippen LogP contribution in [0.15, 0.2) is 0 Å². The fourth-order valence-electron chi connectivity index (χ4n) is 3.05. The molecule has 0 spiro atoms. The Balaban J connectivity index is 1.66. The first-order chi connectivity index (χ1) is 9.98. The van der Waals surface area contributed by atoms with E-state index in [4.69, 9.17) is 15.2 Å². The second-order valence-electron chi connectivity index (χ2n) is 6.65. The second-order valence-corrected chi connectivity index (χ2v) is 6.65. The molecule has 0 saturated carbocycles. The third-order valence-electron chi connectivity index (χ3n) is 4.31. The summed E-state index contributed by atoms with van der Waals surface area (Å²) < 4.78 is 11.0. The molecule has 0 bridgehead atoms.